The minimum atomic E-state index is -0.256. The lowest BCUT2D eigenvalue weighted by Gasteiger charge is -2.11. The number of nitrogens with one attached hydrogen (secondary N) is 2. The number of hydrogen-bond acceptors (Lipinski definition) is 3. The molecule has 0 aliphatic rings. The second-order valence-electron chi connectivity index (χ2n) is 5.52. The molecule has 0 spiro atoms. The number of hydrogen-bond donors (Lipinski definition) is 2. The number of benzene rings is 2. The molecule has 0 fully saturated rings. The van der Waals surface area contributed by atoms with Crippen molar-refractivity contribution in [1.82, 2.24) is 0 Å². The minimum absolute atomic E-state index is 0.0638. The number of rotatable bonds is 5. The lowest BCUT2D eigenvalue weighted by Crippen LogP contribution is -2.18. The number of carbonyl (C=O) groups is 2. The van der Waals surface area contributed by atoms with Crippen LogP contribution in [0.5, 0.6) is 5.75 Å². The number of amides is 2. The van der Waals surface area contributed by atoms with Crippen LogP contribution in [-0.2, 0) is 4.79 Å². The Kier molecular flexibility index (Phi) is 5.98. The van der Waals surface area contributed by atoms with E-state index in [-0.39, 0.29) is 17.7 Å². The van der Waals surface area contributed by atoms with E-state index in [1.54, 1.807) is 43.5 Å². The molecule has 2 aromatic rings. The van der Waals surface area contributed by atoms with Gasteiger partial charge in [-0.1, -0.05) is 29.8 Å². The van der Waals surface area contributed by atoms with Gasteiger partial charge in [-0.05, 0) is 42.5 Å². The Morgan fingerprint density at radius 2 is 1.71 bits per heavy atom. The van der Waals surface area contributed by atoms with E-state index in [1.165, 1.54) is 0 Å². The lowest BCUT2D eigenvalue weighted by molar-refractivity contribution is -0.118. The molecule has 2 amide bonds. The summed E-state index contributed by atoms with van der Waals surface area (Å²) in [5.41, 5.74) is 1.72. The molecule has 0 unspecified atom stereocenters. The van der Waals surface area contributed by atoms with Gasteiger partial charge in [-0.15, -0.1) is 0 Å². The van der Waals surface area contributed by atoms with Gasteiger partial charge in [0, 0.05) is 21.6 Å². The monoisotopic (exact) mass is 390 g/mol. The summed E-state index contributed by atoms with van der Waals surface area (Å²) in [7, 11) is 1.55. The summed E-state index contributed by atoms with van der Waals surface area (Å²) < 4.78 is 6.08. The molecule has 0 radical (unpaired) electrons. The summed E-state index contributed by atoms with van der Waals surface area (Å²) >= 11 is 3.37. The fourth-order valence-corrected chi connectivity index (χ4v) is 2.32. The molecular formula is C18H19BrN2O3. The van der Waals surface area contributed by atoms with Crippen LogP contribution in [0.1, 0.15) is 24.2 Å². The van der Waals surface area contributed by atoms with Crippen molar-refractivity contribution >= 4 is 39.1 Å². The number of anilines is 2. The Morgan fingerprint density at radius 1 is 1.04 bits per heavy atom. The zero-order valence-corrected chi connectivity index (χ0v) is 15.3. The molecule has 5 nitrogen and oxygen atoms in total. The van der Waals surface area contributed by atoms with Gasteiger partial charge >= 0.3 is 0 Å². The largest absolute Gasteiger partial charge is 0.495 e. The molecule has 0 aliphatic heterocycles. The van der Waals surface area contributed by atoms with Crippen molar-refractivity contribution in [1.29, 1.82) is 0 Å². The maximum Gasteiger partial charge on any atom is 0.255 e. The van der Waals surface area contributed by atoms with Gasteiger partial charge in [0.25, 0.3) is 5.91 Å². The van der Waals surface area contributed by atoms with E-state index in [0.717, 1.165) is 4.47 Å². The molecule has 6 heteroatoms. The fourth-order valence-electron chi connectivity index (χ4n) is 1.96. The zero-order chi connectivity index (χ0) is 17.7. The highest BCUT2D eigenvalue weighted by atomic mass is 79.9. The first-order valence-corrected chi connectivity index (χ1v) is 8.26. The molecule has 0 saturated heterocycles. The Hall–Kier alpha value is -2.34. The molecule has 0 saturated carbocycles. The van der Waals surface area contributed by atoms with Crippen LogP contribution in [-0.4, -0.2) is 18.9 Å². The summed E-state index contributed by atoms with van der Waals surface area (Å²) in [5, 5.41) is 5.60. The van der Waals surface area contributed by atoms with Gasteiger partial charge in [-0.3, -0.25) is 9.59 Å². The molecule has 0 aliphatic carbocycles. The quantitative estimate of drug-likeness (QED) is 0.799. The normalized spacial score (nSPS) is 10.4. The highest BCUT2D eigenvalue weighted by molar-refractivity contribution is 9.10. The molecule has 0 atom stereocenters. The molecular weight excluding hydrogens is 372 g/mol. The minimum Gasteiger partial charge on any atom is -0.495 e. The maximum atomic E-state index is 12.4. The van der Waals surface area contributed by atoms with Crippen molar-refractivity contribution in [3.63, 3.8) is 0 Å². The first-order valence-electron chi connectivity index (χ1n) is 7.46. The molecule has 2 N–H and O–H groups in total. The van der Waals surface area contributed by atoms with Crippen LogP contribution in [0.2, 0.25) is 0 Å². The third kappa shape index (κ3) is 4.58. The van der Waals surface area contributed by atoms with Crippen LogP contribution in [0, 0.1) is 5.92 Å². The highest BCUT2D eigenvalue weighted by Gasteiger charge is 2.11. The molecule has 0 aromatic heterocycles. The van der Waals surface area contributed by atoms with Gasteiger partial charge < -0.3 is 15.4 Å². The van der Waals surface area contributed by atoms with E-state index in [9.17, 15) is 9.59 Å². The third-order valence-electron chi connectivity index (χ3n) is 3.35. The van der Waals surface area contributed by atoms with Crippen LogP contribution in [0.25, 0.3) is 0 Å². The Morgan fingerprint density at radius 3 is 2.29 bits per heavy atom. The van der Waals surface area contributed by atoms with E-state index >= 15 is 0 Å². The smallest absolute Gasteiger partial charge is 0.255 e. The zero-order valence-electron chi connectivity index (χ0n) is 13.7. The van der Waals surface area contributed by atoms with Crippen LogP contribution in [0.15, 0.2) is 46.9 Å². The third-order valence-corrected chi connectivity index (χ3v) is 3.84. The SMILES string of the molecule is COc1ccc(Br)cc1NC(=O)c1ccc(NC(=O)C(C)C)cc1. The van der Waals surface area contributed by atoms with Gasteiger partial charge in [-0.2, -0.15) is 0 Å². The van der Waals surface area contributed by atoms with Crippen molar-refractivity contribution in [2.75, 3.05) is 17.7 Å². The first kappa shape index (κ1) is 18.0. The molecule has 24 heavy (non-hydrogen) atoms. The van der Waals surface area contributed by atoms with Crippen LogP contribution in [0.3, 0.4) is 0 Å². The van der Waals surface area contributed by atoms with Gasteiger partial charge in [0.1, 0.15) is 5.75 Å². The Bertz CT molecular complexity index is 742. The summed E-state index contributed by atoms with van der Waals surface area (Å²) in [6, 6.07) is 12.1. The van der Waals surface area contributed by atoms with E-state index in [4.69, 9.17) is 4.74 Å². The van der Waals surface area contributed by atoms with E-state index in [0.29, 0.717) is 22.7 Å². The summed E-state index contributed by atoms with van der Waals surface area (Å²) in [5.74, 6) is 0.156. The number of carbonyl (C=O) groups excluding carboxylic acids is 2. The topological polar surface area (TPSA) is 67.4 Å². The summed E-state index contributed by atoms with van der Waals surface area (Å²) in [6.07, 6.45) is 0. The van der Waals surface area contributed by atoms with Crippen molar-refractivity contribution in [2.45, 2.75) is 13.8 Å². The fraction of sp³-hybridized carbons (Fsp3) is 0.222. The predicted octanol–water partition coefficient (Wildman–Crippen LogP) is 4.30. The average molecular weight is 391 g/mol. The average Bonchev–Trinajstić information content (AvgIpc) is 2.55. The van der Waals surface area contributed by atoms with Crippen LogP contribution in [0.4, 0.5) is 11.4 Å². The maximum absolute atomic E-state index is 12.4. The second-order valence-corrected chi connectivity index (χ2v) is 6.44. The van der Waals surface area contributed by atoms with Crippen LogP contribution < -0.4 is 15.4 Å². The van der Waals surface area contributed by atoms with E-state index in [2.05, 4.69) is 26.6 Å². The summed E-state index contributed by atoms with van der Waals surface area (Å²) in [4.78, 5) is 24.0. The van der Waals surface area contributed by atoms with Crippen molar-refractivity contribution in [2.24, 2.45) is 5.92 Å². The molecule has 2 aromatic carbocycles. The number of ether oxygens (including phenoxy) is 1. The van der Waals surface area contributed by atoms with Gasteiger partial charge in [-0.25, -0.2) is 0 Å². The Balaban J connectivity index is 2.11. The standard InChI is InChI=1S/C18H19BrN2O3/c1-11(2)17(22)20-14-7-4-12(5-8-14)18(23)21-15-10-13(19)6-9-16(15)24-3/h4-11H,1-3H3,(H,20,22)(H,21,23). The second kappa shape index (κ2) is 7.97. The molecule has 2 rings (SSSR count). The van der Waals surface area contributed by atoms with Gasteiger partial charge in [0.15, 0.2) is 0 Å². The first-order chi connectivity index (χ1) is 11.4. The van der Waals surface area contributed by atoms with E-state index in [1.807, 2.05) is 19.9 Å². The van der Waals surface area contributed by atoms with Gasteiger partial charge in [0.05, 0.1) is 12.8 Å². The van der Waals surface area contributed by atoms with E-state index < -0.39 is 0 Å². The lowest BCUT2D eigenvalue weighted by atomic mass is 10.1. The summed E-state index contributed by atoms with van der Waals surface area (Å²) in [6.45, 7) is 3.64. The molecule has 0 heterocycles. The molecule has 0 bridgehead atoms. The predicted molar refractivity (Wildman–Crippen MR) is 98.6 cm³/mol. The van der Waals surface area contributed by atoms with Gasteiger partial charge in [0.2, 0.25) is 5.91 Å². The van der Waals surface area contributed by atoms with Crippen molar-refractivity contribution < 1.29 is 14.3 Å². The van der Waals surface area contributed by atoms with Crippen molar-refractivity contribution in [3.8, 4) is 5.75 Å². The van der Waals surface area contributed by atoms with Crippen molar-refractivity contribution in [3.05, 3.63) is 52.5 Å². The highest BCUT2D eigenvalue weighted by Crippen LogP contribution is 2.28. The van der Waals surface area contributed by atoms with Crippen LogP contribution >= 0.6 is 15.9 Å². The molecule has 126 valence electrons. The number of methoxy groups -OCH3 is 1. The number of halogens is 1. The Labute approximate surface area is 149 Å².